The predicted octanol–water partition coefficient (Wildman–Crippen LogP) is 2.34. The smallest absolute Gasteiger partial charge is 0.450 e. The van der Waals surface area contributed by atoms with Gasteiger partial charge in [0, 0.05) is 0 Å². The Bertz CT molecular complexity index is 172. The fourth-order valence-electron chi connectivity index (χ4n) is 0.167. The second-order valence-electron chi connectivity index (χ2n) is 1.74. The topological polar surface area (TPSA) is 79.1 Å². The number of halogens is 2. The molecule has 5 nitrogen and oxygen atoms in total. The lowest BCUT2D eigenvalue weighted by atomic mass is 10.5. The molecule has 7 heteroatoms. The molecule has 0 aromatic heterocycles. The summed E-state index contributed by atoms with van der Waals surface area (Å²) in [5, 5.41) is 18.4. The first kappa shape index (κ1) is 14.8. The SMILES string of the molecule is CC(=NO)C(Cl)Cl.CCOC(=O)O. The Hall–Kier alpha value is -0.680. The minimum absolute atomic E-state index is 0.231. The van der Waals surface area contributed by atoms with Crippen LogP contribution in [0.4, 0.5) is 4.79 Å². The van der Waals surface area contributed by atoms with Crippen LogP contribution in [0.1, 0.15) is 13.8 Å². The maximum Gasteiger partial charge on any atom is 0.505 e. The fourth-order valence-corrected chi connectivity index (χ4v) is 0.254. The van der Waals surface area contributed by atoms with Crippen molar-refractivity contribution >= 4 is 35.1 Å². The number of carbonyl (C=O) groups is 1. The van der Waals surface area contributed by atoms with Crippen LogP contribution in [0.5, 0.6) is 0 Å². The summed E-state index contributed by atoms with van der Waals surface area (Å²) in [7, 11) is 0. The summed E-state index contributed by atoms with van der Waals surface area (Å²) < 4.78 is 3.96. The normalized spacial score (nSPS) is 10.4. The molecule has 0 heterocycles. The molecule has 0 amide bonds. The minimum Gasteiger partial charge on any atom is -0.450 e. The van der Waals surface area contributed by atoms with Crippen LogP contribution in [0.15, 0.2) is 5.16 Å². The van der Waals surface area contributed by atoms with E-state index in [1.54, 1.807) is 6.92 Å². The van der Waals surface area contributed by atoms with Crippen molar-refractivity contribution < 1.29 is 19.8 Å². The number of rotatable bonds is 2. The highest BCUT2D eigenvalue weighted by Crippen LogP contribution is 2.02. The lowest BCUT2D eigenvalue weighted by Crippen LogP contribution is -2.00. The molecule has 0 spiro atoms. The third-order valence-corrected chi connectivity index (χ3v) is 1.37. The molecule has 0 atom stereocenters. The van der Waals surface area contributed by atoms with Gasteiger partial charge in [0.1, 0.15) is 4.84 Å². The molecule has 0 fully saturated rings. The van der Waals surface area contributed by atoms with E-state index in [4.69, 9.17) is 33.5 Å². The third kappa shape index (κ3) is 14.2. The second kappa shape index (κ2) is 9.41. The number of alkyl halides is 2. The van der Waals surface area contributed by atoms with Crippen LogP contribution in [0.2, 0.25) is 0 Å². The van der Waals surface area contributed by atoms with Gasteiger partial charge in [0.15, 0.2) is 0 Å². The lowest BCUT2D eigenvalue weighted by Gasteiger charge is -1.91. The van der Waals surface area contributed by atoms with Crippen molar-refractivity contribution in [1.82, 2.24) is 0 Å². The number of ether oxygens (including phenoxy) is 1. The first-order valence-electron chi connectivity index (χ1n) is 3.28. The number of hydrogen-bond donors (Lipinski definition) is 2. The summed E-state index contributed by atoms with van der Waals surface area (Å²) in [5.74, 6) is 0. The Morgan fingerprint density at radius 2 is 2.08 bits per heavy atom. The number of hydrogen-bond acceptors (Lipinski definition) is 4. The van der Waals surface area contributed by atoms with E-state index in [1.807, 2.05) is 0 Å². The largest absolute Gasteiger partial charge is 0.505 e. The number of carboxylic acid groups (broad SMARTS) is 1. The molecule has 2 N–H and O–H groups in total. The zero-order chi connectivity index (χ0) is 10.9. The van der Waals surface area contributed by atoms with Gasteiger partial charge in [-0.05, 0) is 13.8 Å². The summed E-state index contributed by atoms with van der Waals surface area (Å²) in [5.41, 5.74) is 0.309. The summed E-state index contributed by atoms with van der Waals surface area (Å²) in [6.07, 6.45) is -1.21. The minimum atomic E-state index is -1.21. The molecule has 0 rings (SSSR count). The average molecular weight is 232 g/mol. The Balaban J connectivity index is 0. The Morgan fingerprint density at radius 1 is 1.62 bits per heavy atom. The van der Waals surface area contributed by atoms with Gasteiger partial charge in [-0.15, -0.1) is 0 Å². The van der Waals surface area contributed by atoms with Gasteiger partial charge in [-0.3, -0.25) is 0 Å². The van der Waals surface area contributed by atoms with Crippen LogP contribution in [-0.4, -0.2) is 33.6 Å². The van der Waals surface area contributed by atoms with E-state index >= 15 is 0 Å². The van der Waals surface area contributed by atoms with Crippen LogP contribution in [0.25, 0.3) is 0 Å². The van der Waals surface area contributed by atoms with Crippen LogP contribution < -0.4 is 0 Å². The van der Waals surface area contributed by atoms with E-state index in [9.17, 15) is 4.79 Å². The quantitative estimate of drug-likeness (QED) is 0.252. The zero-order valence-corrected chi connectivity index (χ0v) is 8.71. The molecule has 0 unspecified atom stereocenters. The molecule has 0 saturated heterocycles. The van der Waals surface area contributed by atoms with Crippen molar-refractivity contribution in [2.75, 3.05) is 6.61 Å². The van der Waals surface area contributed by atoms with Gasteiger partial charge in [-0.25, -0.2) is 4.79 Å². The summed E-state index contributed by atoms with van der Waals surface area (Å²) >= 11 is 10.4. The molecule has 0 aliphatic heterocycles. The van der Waals surface area contributed by atoms with Crippen LogP contribution in [-0.2, 0) is 4.74 Å². The molecule has 0 aliphatic rings. The molecule has 13 heavy (non-hydrogen) atoms. The number of nitrogens with zero attached hydrogens (tertiary/aromatic N) is 1. The van der Waals surface area contributed by atoms with E-state index in [-0.39, 0.29) is 6.61 Å². The first-order valence-corrected chi connectivity index (χ1v) is 4.15. The maximum absolute atomic E-state index is 9.38. The standard InChI is InChI=1S/C3H5Cl2NO.C3H6O3/c1-2(6-7)3(4)5;1-2-6-3(4)5/h3,7H,1H3;2H2,1H3,(H,4,5). The van der Waals surface area contributed by atoms with Crippen molar-refractivity contribution in [3.63, 3.8) is 0 Å². The maximum atomic E-state index is 9.38. The molecule has 0 aromatic carbocycles. The van der Waals surface area contributed by atoms with E-state index in [1.165, 1.54) is 6.92 Å². The first-order chi connectivity index (χ1) is 5.95. The monoisotopic (exact) mass is 231 g/mol. The molecule has 0 radical (unpaired) electrons. The van der Waals surface area contributed by atoms with Gasteiger partial charge in [-0.2, -0.15) is 0 Å². The highest BCUT2D eigenvalue weighted by molar-refractivity contribution is 6.54. The van der Waals surface area contributed by atoms with E-state index < -0.39 is 11.0 Å². The third-order valence-electron chi connectivity index (χ3n) is 0.741. The highest BCUT2D eigenvalue weighted by Gasteiger charge is 2.00. The Labute approximate surface area is 85.9 Å². The van der Waals surface area contributed by atoms with Crippen molar-refractivity contribution in [3.05, 3.63) is 0 Å². The molecular weight excluding hydrogens is 221 g/mol. The van der Waals surface area contributed by atoms with E-state index in [0.29, 0.717) is 5.71 Å². The molecule has 0 aliphatic carbocycles. The number of oxime groups is 1. The van der Waals surface area contributed by atoms with E-state index in [2.05, 4.69) is 9.89 Å². The molecule has 0 saturated carbocycles. The second-order valence-corrected chi connectivity index (χ2v) is 2.84. The van der Waals surface area contributed by atoms with Crippen molar-refractivity contribution in [1.29, 1.82) is 0 Å². The average Bonchev–Trinajstić information content (AvgIpc) is 2.03. The van der Waals surface area contributed by atoms with Gasteiger partial charge < -0.3 is 15.1 Å². The van der Waals surface area contributed by atoms with Crippen molar-refractivity contribution in [3.8, 4) is 0 Å². The van der Waals surface area contributed by atoms with Gasteiger partial charge in [-0.1, -0.05) is 28.4 Å². The van der Waals surface area contributed by atoms with Crippen LogP contribution in [0.3, 0.4) is 0 Å². The summed E-state index contributed by atoms with van der Waals surface area (Å²) in [6.45, 7) is 3.38. The molecule has 78 valence electrons. The Morgan fingerprint density at radius 3 is 2.08 bits per heavy atom. The summed E-state index contributed by atoms with van der Waals surface area (Å²) in [4.78, 5) is 8.69. The lowest BCUT2D eigenvalue weighted by molar-refractivity contribution is 0.0966. The molecule has 0 bridgehead atoms. The van der Waals surface area contributed by atoms with E-state index in [0.717, 1.165) is 0 Å². The summed E-state index contributed by atoms with van der Waals surface area (Å²) in [6, 6.07) is 0. The molecule has 0 aromatic rings. The predicted molar refractivity (Wildman–Crippen MR) is 50.0 cm³/mol. The van der Waals surface area contributed by atoms with Gasteiger partial charge in [0.05, 0.1) is 12.3 Å². The fraction of sp³-hybridized carbons (Fsp3) is 0.667. The highest BCUT2D eigenvalue weighted by atomic mass is 35.5. The van der Waals surface area contributed by atoms with Gasteiger partial charge in [0.2, 0.25) is 0 Å². The van der Waals surface area contributed by atoms with Crippen LogP contribution >= 0.6 is 23.2 Å². The van der Waals surface area contributed by atoms with Gasteiger partial charge >= 0.3 is 6.16 Å². The molecular formula is C6H11Cl2NO4. The van der Waals surface area contributed by atoms with Crippen molar-refractivity contribution in [2.45, 2.75) is 18.7 Å². The zero-order valence-electron chi connectivity index (χ0n) is 7.20. The van der Waals surface area contributed by atoms with Gasteiger partial charge in [0.25, 0.3) is 0 Å². The van der Waals surface area contributed by atoms with Crippen molar-refractivity contribution in [2.24, 2.45) is 5.16 Å². The Kier molecular flexibility index (Phi) is 10.7. The van der Waals surface area contributed by atoms with Crippen LogP contribution in [0, 0.1) is 0 Å².